The van der Waals surface area contributed by atoms with Crippen molar-refractivity contribution in [3.63, 3.8) is 0 Å². The van der Waals surface area contributed by atoms with Crippen LogP contribution in [0.1, 0.15) is 13.3 Å². The van der Waals surface area contributed by atoms with Gasteiger partial charge in [0.1, 0.15) is 17.0 Å². The first-order valence-corrected chi connectivity index (χ1v) is 6.64. The van der Waals surface area contributed by atoms with Crippen molar-refractivity contribution < 1.29 is 9.13 Å². The summed E-state index contributed by atoms with van der Waals surface area (Å²) in [7, 11) is 0. The Balaban J connectivity index is 1.95. The third-order valence-electron chi connectivity index (χ3n) is 2.84. The van der Waals surface area contributed by atoms with Crippen molar-refractivity contribution in [2.75, 3.05) is 11.9 Å². The zero-order chi connectivity index (χ0) is 14.7. The van der Waals surface area contributed by atoms with Gasteiger partial charge in [0.2, 0.25) is 11.8 Å². The van der Waals surface area contributed by atoms with Crippen LogP contribution in [0.2, 0.25) is 0 Å². The van der Waals surface area contributed by atoms with Gasteiger partial charge < -0.3 is 10.1 Å². The molecule has 0 saturated carbocycles. The van der Waals surface area contributed by atoms with E-state index in [2.05, 4.69) is 32.4 Å². The molecule has 0 aliphatic heterocycles. The molecule has 0 unspecified atom stereocenters. The molecule has 0 saturated heterocycles. The number of aromatic amines is 1. The van der Waals surface area contributed by atoms with E-state index in [0.29, 0.717) is 28.6 Å². The monoisotopic (exact) mass is 287 g/mol. The smallest absolute Gasteiger partial charge is 0.235 e. The van der Waals surface area contributed by atoms with Crippen LogP contribution < -0.4 is 10.1 Å². The molecule has 0 atom stereocenters. The molecule has 0 spiro atoms. The van der Waals surface area contributed by atoms with E-state index in [0.717, 1.165) is 13.0 Å². The van der Waals surface area contributed by atoms with Gasteiger partial charge >= 0.3 is 0 Å². The minimum Gasteiger partial charge on any atom is -0.438 e. The molecule has 0 amide bonds. The van der Waals surface area contributed by atoms with Crippen LogP contribution in [0.5, 0.6) is 11.6 Å². The van der Waals surface area contributed by atoms with Gasteiger partial charge in [-0.25, -0.2) is 4.39 Å². The van der Waals surface area contributed by atoms with Crippen molar-refractivity contribution in [2.24, 2.45) is 0 Å². The lowest BCUT2D eigenvalue weighted by Gasteiger charge is -2.08. The molecule has 21 heavy (non-hydrogen) atoms. The van der Waals surface area contributed by atoms with Crippen molar-refractivity contribution in [3.05, 3.63) is 36.3 Å². The Labute approximate surface area is 120 Å². The number of rotatable bonds is 5. The number of H-pyrrole nitrogens is 1. The highest BCUT2D eigenvalue weighted by atomic mass is 19.1. The third kappa shape index (κ3) is 2.91. The molecule has 0 aliphatic carbocycles. The van der Waals surface area contributed by atoms with Crippen LogP contribution in [0.4, 0.5) is 10.3 Å². The molecule has 0 radical (unpaired) electrons. The molecule has 108 valence electrons. The highest BCUT2D eigenvalue weighted by Crippen LogP contribution is 2.27. The fraction of sp³-hybridized carbons (Fsp3) is 0.214. The van der Waals surface area contributed by atoms with Gasteiger partial charge in [-0.05, 0) is 30.7 Å². The van der Waals surface area contributed by atoms with Crippen molar-refractivity contribution in [3.8, 4) is 11.6 Å². The Morgan fingerprint density at radius 3 is 2.81 bits per heavy atom. The lowest BCUT2D eigenvalue weighted by molar-refractivity contribution is 0.467. The predicted molar refractivity (Wildman–Crippen MR) is 76.9 cm³/mol. The zero-order valence-electron chi connectivity index (χ0n) is 11.4. The maximum Gasteiger partial charge on any atom is 0.235 e. The summed E-state index contributed by atoms with van der Waals surface area (Å²) in [5.74, 6) is 1.02. The number of benzene rings is 1. The first-order valence-electron chi connectivity index (χ1n) is 6.64. The van der Waals surface area contributed by atoms with Crippen LogP contribution in [-0.2, 0) is 0 Å². The van der Waals surface area contributed by atoms with Crippen molar-refractivity contribution >= 4 is 17.0 Å². The Bertz CT molecular complexity index is 741. The zero-order valence-corrected chi connectivity index (χ0v) is 11.4. The molecule has 2 heterocycles. The average molecular weight is 287 g/mol. The van der Waals surface area contributed by atoms with Gasteiger partial charge in [-0.15, -0.1) is 0 Å². The van der Waals surface area contributed by atoms with E-state index >= 15 is 0 Å². The molecular formula is C14H14FN5O. The minimum atomic E-state index is -0.316. The first kappa shape index (κ1) is 13.3. The topological polar surface area (TPSA) is 75.7 Å². The molecule has 6 nitrogen and oxygen atoms in total. The largest absolute Gasteiger partial charge is 0.438 e. The van der Waals surface area contributed by atoms with Crippen LogP contribution in [0.3, 0.4) is 0 Å². The van der Waals surface area contributed by atoms with Gasteiger partial charge in [0.15, 0.2) is 5.65 Å². The molecule has 3 aromatic rings. The Hall–Kier alpha value is -2.70. The van der Waals surface area contributed by atoms with Gasteiger partial charge in [-0.1, -0.05) is 6.92 Å². The molecule has 0 aliphatic rings. The summed E-state index contributed by atoms with van der Waals surface area (Å²) in [5, 5.41) is 10.5. The van der Waals surface area contributed by atoms with Gasteiger partial charge in [0, 0.05) is 6.54 Å². The Kier molecular flexibility index (Phi) is 3.63. The number of aromatic nitrogens is 4. The van der Waals surface area contributed by atoms with Crippen LogP contribution in [-0.4, -0.2) is 26.7 Å². The summed E-state index contributed by atoms with van der Waals surface area (Å²) in [5.41, 5.74) is 0.584. The van der Waals surface area contributed by atoms with Crippen LogP contribution in [0.15, 0.2) is 30.5 Å². The molecule has 0 fully saturated rings. The van der Waals surface area contributed by atoms with Gasteiger partial charge in [-0.3, -0.25) is 5.10 Å². The molecule has 2 aromatic heterocycles. The minimum absolute atomic E-state index is 0.316. The summed E-state index contributed by atoms with van der Waals surface area (Å²) in [6.45, 7) is 2.81. The van der Waals surface area contributed by atoms with E-state index < -0.39 is 0 Å². The van der Waals surface area contributed by atoms with Gasteiger partial charge in [0.25, 0.3) is 0 Å². The summed E-state index contributed by atoms with van der Waals surface area (Å²) in [6, 6.07) is 5.75. The molecule has 0 bridgehead atoms. The fourth-order valence-corrected chi connectivity index (χ4v) is 1.82. The highest BCUT2D eigenvalue weighted by molar-refractivity contribution is 5.80. The maximum atomic E-state index is 12.9. The third-order valence-corrected chi connectivity index (χ3v) is 2.84. The standard InChI is InChI=1S/C14H14FN5O/c1-2-7-16-14-18-12-11(8-17-20-12)13(19-14)21-10-5-3-9(15)4-6-10/h3-6,8H,2,7H2,1H3,(H2,16,17,18,19,20). The number of hydrogen-bond donors (Lipinski definition) is 2. The number of nitrogens with one attached hydrogen (secondary N) is 2. The molecule has 2 N–H and O–H groups in total. The Morgan fingerprint density at radius 1 is 1.24 bits per heavy atom. The normalized spacial score (nSPS) is 10.8. The number of halogens is 1. The van der Waals surface area contributed by atoms with E-state index in [1.165, 1.54) is 12.1 Å². The molecule has 7 heteroatoms. The van der Waals surface area contributed by atoms with Crippen LogP contribution in [0.25, 0.3) is 11.0 Å². The number of fused-ring (bicyclic) bond motifs is 1. The van der Waals surface area contributed by atoms with Crippen molar-refractivity contribution in [2.45, 2.75) is 13.3 Å². The quantitative estimate of drug-likeness (QED) is 0.754. The van der Waals surface area contributed by atoms with E-state index in [9.17, 15) is 4.39 Å². The molecule has 3 rings (SSSR count). The summed E-state index contributed by atoms with van der Waals surface area (Å²) < 4.78 is 18.6. The maximum absolute atomic E-state index is 12.9. The van der Waals surface area contributed by atoms with Crippen molar-refractivity contribution in [1.82, 2.24) is 20.2 Å². The van der Waals surface area contributed by atoms with Crippen LogP contribution in [0, 0.1) is 5.82 Å². The fourth-order valence-electron chi connectivity index (χ4n) is 1.82. The summed E-state index contributed by atoms with van der Waals surface area (Å²) in [6.07, 6.45) is 2.55. The van der Waals surface area contributed by atoms with Gasteiger partial charge in [-0.2, -0.15) is 15.1 Å². The second kappa shape index (κ2) is 5.74. The average Bonchev–Trinajstić information content (AvgIpc) is 2.96. The second-order valence-electron chi connectivity index (χ2n) is 4.47. The lowest BCUT2D eigenvalue weighted by Crippen LogP contribution is -2.05. The Morgan fingerprint density at radius 2 is 2.05 bits per heavy atom. The number of hydrogen-bond acceptors (Lipinski definition) is 5. The SMILES string of the molecule is CCCNc1nc(Oc2ccc(F)cc2)c2cn[nH]c2n1. The predicted octanol–water partition coefficient (Wildman–Crippen LogP) is 3.11. The molecule has 1 aromatic carbocycles. The van der Waals surface area contributed by atoms with E-state index in [-0.39, 0.29) is 5.82 Å². The highest BCUT2D eigenvalue weighted by Gasteiger charge is 2.11. The lowest BCUT2D eigenvalue weighted by atomic mass is 10.3. The first-order chi connectivity index (χ1) is 10.3. The van der Waals surface area contributed by atoms with Crippen LogP contribution >= 0.6 is 0 Å². The second-order valence-corrected chi connectivity index (χ2v) is 4.47. The van der Waals surface area contributed by atoms with Crippen molar-refractivity contribution in [1.29, 1.82) is 0 Å². The summed E-state index contributed by atoms with van der Waals surface area (Å²) >= 11 is 0. The number of anilines is 1. The van der Waals surface area contributed by atoms with Gasteiger partial charge in [0.05, 0.1) is 6.20 Å². The van der Waals surface area contributed by atoms with E-state index in [1.807, 2.05) is 0 Å². The number of nitrogens with zero attached hydrogens (tertiary/aromatic N) is 3. The van der Waals surface area contributed by atoms with E-state index in [4.69, 9.17) is 4.74 Å². The van der Waals surface area contributed by atoms with E-state index in [1.54, 1.807) is 18.3 Å². The molecular weight excluding hydrogens is 273 g/mol. The summed E-state index contributed by atoms with van der Waals surface area (Å²) in [4.78, 5) is 8.64. The number of ether oxygens (including phenoxy) is 1.